The molecule has 1 aliphatic rings. The van der Waals surface area contributed by atoms with Crippen molar-refractivity contribution >= 4 is 21.7 Å². The van der Waals surface area contributed by atoms with Gasteiger partial charge in [0.15, 0.2) is 0 Å². The Labute approximate surface area is 115 Å². The van der Waals surface area contributed by atoms with Crippen LogP contribution in [0.3, 0.4) is 0 Å². The van der Waals surface area contributed by atoms with E-state index in [1.54, 1.807) is 12.1 Å². The lowest BCUT2D eigenvalue weighted by molar-refractivity contribution is -0.118. The Morgan fingerprint density at radius 3 is 3.00 bits per heavy atom. The fraction of sp³-hybridized carbons (Fsp3) is 0.500. The summed E-state index contributed by atoms with van der Waals surface area (Å²) in [6, 6.07) is 4.85. The van der Waals surface area contributed by atoms with Crippen molar-refractivity contribution in [1.29, 1.82) is 0 Å². The predicted molar refractivity (Wildman–Crippen MR) is 73.0 cm³/mol. The van der Waals surface area contributed by atoms with Crippen LogP contribution >= 0.6 is 15.9 Å². The molecule has 0 bridgehead atoms. The molecule has 1 atom stereocenters. The normalized spacial score (nSPS) is 19.1. The molecule has 1 aromatic carbocycles. The van der Waals surface area contributed by atoms with Gasteiger partial charge in [-0.1, -0.05) is 22.0 Å². The number of rotatable bonds is 5. The van der Waals surface area contributed by atoms with E-state index in [0.29, 0.717) is 22.4 Å². The van der Waals surface area contributed by atoms with Crippen LogP contribution in [0.1, 0.15) is 24.8 Å². The first kappa shape index (κ1) is 13.7. The fourth-order valence-electron chi connectivity index (χ4n) is 2.29. The number of carbonyl (C=O) groups excluding carboxylic acids is 1. The van der Waals surface area contributed by atoms with Gasteiger partial charge in [0, 0.05) is 17.3 Å². The number of halogens is 2. The van der Waals surface area contributed by atoms with Crippen LogP contribution in [0.5, 0.6) is 0 Å². The summed E-state index contributed by atoms with van der Waals surface area (Å²) in [5, 5.41) is 3.28. The standard InChI is InChI=1S/C14H17BrFNO/c15-12-3-2-11(14(16)8-12)7-13(18)4-1-10-5-6-17-9-10/h2-3,8,10,17H,1,4-7,9H2. The van der Waals surface area contributed by atoms with Crippen LogP contribution in [0.15, 0.2) is 22.7 Å². The quantitative estimate of drug-likeness (QED) is 0.905. The molecule has 2 rings (SSSR count). The summed E-state index contributed by atoms with van der Waals surface area (Å²) in [4.78, 5) is 11.8. The maximum Gasteiger partial charge on any atom is 0.137 e. The summed E-state index contributed by atoms with van der Waals surface area (Å²) >= 11 is 3.21. The topological polar surface area (TPSA) is 29.1 Å². The van der Waals surface area contributed by atoms with Gasteiger partial charge in [-0.15, -0.1) is 0 Å². The fourth-order valence-corrected chi connectivity index (χ4v) is 2.62. The van der Waals surface area contributed by atoms with E-state index in [4.69, 9.17) is 0 Å². The second kappa shape index (κ2) is 6.43. The Balaban J connectivity index is 1.82. The molecule has 18 heavy (non-hydrogen) atoms. The second-order valence-electron chi connectivity index (χ2n) is 4.85. The van der Waals surface area contributed by atoms with Crippen LogP contribution in [-0.4, -0.2) is 18.9 Å². The van der Waals surface area contributed by atoms with E-state index in [1.165, 1.54) is 6.07 Å². The molecular weight excluding hydrogens is 297 g/mol. The van der Waals surface area contributed by atoms with Crippen molar-refractivity contribution < 1.29 is 9.18 Å². The molecular formula is C14H17BrFNO. The zero-order chi connectivity index (χ0) is 13.0. The van der Waals surface area contributed by atoms with Gasteiger partial charge in [0.2, 0.25) is 0 Å². The Kier molecular flexibility index (Phi) is 4.89. The number of carbonyl (C=O) groups is 1. The van der Waals surface area contributed by atoms with E-state index < -0.39 is 0 Å². The zero-order valence-corrected chi connectivity index (χ0v) is 11.8. The van der Waals surface area contributed by atoms with Gasteiger partial charge in [-0.2, -0.15) is 0 Å². The van der Waals surface area contributed by atoms with Crippen molar-refractivity contribution in [3.8, 4) is 0 Å². The molecule has 0 aliphatic carbocycles. The van der Waals surface area contributed by atoms with Crippen LogP contribution in [-0.2, 0) is 11.2 Å². The SMILES string of the molecule is O=C(CCC1CCNC1)Cc1ccc(Br)cc1F. The number of benzene rings is 1. The monoisotopic (exact) mass is 313 g/mol. The molecule has 4 heteroatoms. The minimum atomic E-state index is -0.305. The van der Waals surface area contributed by atoms with E-state index >= 15 is 0 Å². The summed E-state index contributed by atoms with van der Waals surface area (Å²) in [6.07, 6.45) is 2.84. The largest absolute Gasteiger partial charge is 0.316 e. The molecule has 1 saturated heterocycles. The second-order valence-corrected chi connectivity index (χ2v) is 5.76. The van der Waals surface area contributed by atoms with Crippen LogP contribution in [0.2, 0.25) is 0 Å². The lowest BCUT2D eigenvalue weighted by Gasteiger charge is -2.07. The van der Waals surface area contributed by atoms with Gasteiger partial charge < -0.3 is 5.32 Å². The summed E-state index contributed by atoms with van der Waals surface area (Å²) in [6.45, 7) is 2.07. The third-order valence-corrected chi connectivity index (χ3v) is 3.89. The van der Waals surface area contributed by atoms with Crippen LogP contribution < -0.4 is 5.32 Å². The van der Waals surface area contributed by atoms with Gasteiger partial charge in [-0.3, -0.25) is 4.79 Å². The third kappa shape index (κ3) is 3.89. The average molecular weight is 314 g/mol. The molecule has 1 aliphatic heterocycles. The molecule has 1 aromatic rings. The summed E-state index contributed by atoms with van der Waals surface area (Å²) in [5.41, 5.74) is 0.493. The molecule has 1 fully saturated rings. The van der Waals surface area contributed by atoms with Gasteiger partial charge in [0.05, 0.1) is 0 Å². The Bertz CT molecular complexity index is 430. The van der Waals surface area contributed by atoms with Crippen LogP contribution in [0, 0.1) is 11.7 Å². The number of Topliss-reactive ketones (excluding diaryl/α,β-unsaturated/α-hetero) is 1. The van der Waals surface area contributed by atoms with E-state index in [2.05, 4.69) is 21.2 Å². The molecule has 0 spiro atoms. The average Bonchev–Trinajstić information content (AvgIpc) is 2.83. The maximum absolute atomic E-state index is 13.6. The highest BCUT2D eigenvalue weighted by atomic mass is 79.9. The van der Waals surface area contributed by atoms with Gasteiger partial charge in [-0.25, -0.2) is 4.39 Å². The van der Waals surface area contributed by atoms with Crippen LogP contribution in [0.4, 0.5) is 4.39 Å². The minimum absolute atomic E-state index is 0.128. The highest BCUT2D eigenvalue weighted by Gasteiger charge is 2.16. The molecule has 1 unspecified atom stereocenters. The smallest absolute Gasteiger partial charge is 0.137 e. The molecule has 0 aromatic heterocycles. The molecule has 98 valence electrons. The number of hydrogen-bond donors (Lipinski definition) is 1. The van der Waals surface area contributed by atoms with Gasteiger partial charge >= 0.3 is 0 Å². The first-order valence-corrected chi connectivity index (χ1v) is 7.11. The van der Waals surface area contributed by atoms with Gasteiger partial charge in [-0.05, 0) is 49.5 Å². The number of ketones is 1. The van der Waals surface area contributed by atoms with E-state index in [9.17, 15) is 9.18 Å². The van der Waals surface area contributed by atoms with Crippen molar-refractivity contribution in [1.82, 2.24) is 5.32 Å². The summed E-state index contributed by atoms with van der Waals surface area (Å²) in [7, 11) is 0. The van der Waals surface area contributed by atoms with Crippen LogP contribution in [0.25, 0.3) is 0 Å². The highest BCUT2D eigenvalue weighted by molar-refractivity contribution is 9.10. The van der Waals surface area contributed by atoms with E-state index in [1.807, 2.05) is 0 Å². The lowest BCUT2D eigenvalue weighted by atomic mass is 9.98. The highest BCUT2D eigenvalue weighted by Crippen LogP contribution is 2.18. The number of nitrogens with one attached hydrogen (secondary N) is 1. The van der Waals surface area contributed by atoms with E-state index in [-0.39, 0.29) is 18.0 Å². The zero-order valence-electron chi connectivity index (χ0n) is 10.2. The van der Waals surface area contributed by atoms with E-state index in [0.717, 1.165) is 25.9 Å². The van der Waals surface area contributed by atoms with Crippen molar-refractivity contribution in [3.05, 3.63) is 34.1 Å². The van der Waals surface area contributed by atoms with Crippen molar-refractivity contribution in [3.63, 3.8) is 0 Å². The molecule has 2 nitrogen and oxygen atoms in total. The van der Waals surface area contributed by atoms with Gasteiger partial charge in [0.25, 0.3) is 0 Å². The Hall–Kier alpha value is -0.740. The predicted octanol–water partition coefficient (Wildman–Crippen LogP) is 3.09. The first-order valence-electron chi connectivity index (χ1n) is 6.31. The molecule has 0 saturated carbocycles. The molecule has 0 amide bonds. The molecule has 0 radical (unpaired) electrons. The summed E-state index contributed by atoms with van der Waals surface area (Å²) in [5.74, 6) is 0.437. The molecule has 1 heterocycles. The van der Waals surface area contributed by atoms with Gasteiger partial charge in [0.1, 0.15) is 11.6 Å². The maximum atomic E-state index is 13.6. The third-order valence-electron chi connectivity index (χ3n) is 3.40. The summed E-state index contributed by atoms with van der Waals surface area (Å²) < 4.78 is 14.3. The van der Waals surface area contributed by atoms with Crippen molar-refractivity contribution in [2.75, 3.05) is 13.1 Å². The minimum Gasteiger partial charge on any atom is -0.316 e. The first-order chi connectivity index (χ1) is 8.65. The Morgan fingerprint density at radius 1 is 1.50 bits per heavy atom. The lowest BCUT2D eigenvalue weighted by Crippen LogP contribution is -2.11. The Morgan fingerprint density at radius 2 is 2.33 bits per heavy atom. The van der Waals surface area contributed by atoms with Crippen molar-refractivity contribution in [2.24, 2.45) is 5.92 Å². The molecule has 1 N–H and O–H groups in total. The number of hydrogen-bond acceptors (Lipinski definition) is 2. The van der Waals surface area contributed by atoms with Crippen molar-refractivity contribution in [2.45, 2.75) is 25.7 Å².